The third-order valence-electron chi connectivity index (χ3n) is 3.19. The number of rotatable bonds is 0. The van der Waals surface area contributed by atoms with Gasteiger partial charge in [-0.2, -0.15) is 4.39 Å². The third kappa shape index (κ3) is 1.49. The minimum absolute atomic E-state index is 0.106. The summed E-state index contributed by atoms with van der Waals surface area (Å²) in [4.78, 5) is 13.6. The Balaban J connectivity index is 2.28. The molecule has 0 aliphatic carbocycles. The SMILES string of the molecule is O=C1CCN2CCCOc3c(F)c(F)cc1c32. The van der Waals surface area contributed by atoms with E-state index in [1.807, 2.05) is 4.90 Å². The molecular formula is C12H11F2NO2. The molecule has 0 radical (unpaired) electrons. The molecule has 0 atom stereocenters. The number of carbonyl (C=O) groups is 1. The lowest BCUT2D eigenvalue weighted by Crippen LogP contribution is -2.32. The molecule has 3 nitrogen and oxygen atoms in total. The zero-order valence-electron chi connectivity index (χ0n) is 9.13. The van der Waals surface area contributed by atoms with E-state index in [0.717, 1.165) is 12.5 Å². The van der Waals surface area contributed by atoms with Crippen LogP contribution in [0.25, 0.3) is 0 Å². The van der Waals surface area contributed by atoms with E-state index in [1.54, 1.807) is 0 Å². The van der Waals surface area contributed by atoms with E-state index in [0.29, 0.717) is 31.8 Å². The highest BCUT2D eigenvalue weighted by molar-refractivity contribution is 6.04. The molecule has 2 aliphatic heterocycles. The van der Waals surface area contributed by atoms with E-state index in [2.05, 4.69) is 0 Å². The number of anilines is 1. The molecule has 0 saturated carbocycles. The van der Waals surface area contributed by atoms with Crippen molar-refractivity contribution in [2.24, 2.45) is 0 Å². The fourth-order valence-corrected chi connectivity index (χ4v) is 2.39. The number of hydrogen-bond acceptors (Lipinski definition) is 3. The molecular weight excluding hydrogens is 228 g/mol. The average Bonchev–Trinajstić information content (AvgIpc) is 2.53. The van der Waals surface area contributed by atoms with Crippen molar-refractivity contribution in [2.45, 2.75) is 12.8 Å². The summed E-state index contributed by atoms with van der Waals surface area (Å²) in [5.41, 5.74) is 0.671. The van der Waals surface area contributed by atoms with Crippen molar-refractivity contribution in [1.82, 2.24) is 0 Å². The van der Waals surface area contributed by atoms with Crippen molar-refractivity contribution >= 4 is 11.5 Å². The van der Waals surface area contributed by atoms with Crippen LogP contribution in [0.4, 0.5) is 14.5 Å². The molecule has 0 saturated heterocycles. The van der Waals surface area contributed by atoms with Crippen LogP contribution in [0.1, 0.15) is 23.2 Å². The topological polar surface area (TPSA) is 29.5 Å². The van der Waals surface area contributed by atoms with E-state index >= 15 is 0 Å². The third-order valence-corrected chi connectivity index (χ3v) is 3.19. The van der Waals surface area contributed by atoms with Crippen LogP contribution < -0.4 is 9.64 Å². The highest BCUT2D eigenvalue weighted by atomic mass is 19.2. The van der Waals surface area contributed by atoms with Crippen LogP contribution in [-0.4, -0.2) is 25.5 Å². The van der Waals surface area contributed by atoms with Gasteiger partial charge in [0.1, 0.15) is 0 Å². The van der Waals surface area contributed by atoms with Gasteiger partial charge in [0.2, 0.25) is 5.82 Å². The highest BCUT2D eigenvalue weighted by Crippen LogP contribution is 2.40. The number of ether oxygens (including phenoxy) is 1. The molecule has 3 rings (SSSR count). The largest absolute Gasteiger partial charge is 0.488 e. The van der Waals surface area contributed by atoms with Gasteiger partial charge >= 0.3 is 0 Å². The van der Waals surface area contributed by atoms with E-state index in [1.165, 1.54) is 0 Å². The Bertz CT molecular complexity index is 502. The number of benzene rings is 1. The lowest BCUT2D eigenvalue weighted by atomic mass is 9.99. The van der Waals surface area contributed by atoms with Crippen LogP contribution in [0.2, 0.25) is 0 Å². The number of nitrogens with zero attached hydrogens (tertiary/aromatic N) is 1. The molecule has 0 aromatic heterocycles. The second-order valence-electron chi connectivity index (χ2n) is 4.26. The maximum atomic E-state index is 13.7. The van der Waals surface area contributed by atoms with Crippen molar-refractivity contribution in [2.75, 3.05) is 24.6 Å². The van der Waals surface area contributed by atoms with Crippen molar-refractivity contribution in [3.63, 3.8) is 0 Å². The molecule has 5 heteroatoms. The van der Waals surface area contributed by atoms with Gasteiger partial charge < -0.3 is 9.64 Å². The fourth-order valence-electron chi connectivity index (χ4n) is 2.39. The van der Waals surface area contributed by atoms with Gasteiger partial charge in [-0.25, -0.2) is 4.39 Å². The minimum atomic E-state index is -1.02. The molecule has 0 N–H and O–H groups in total. The van der Waals surface area contributed by atoms with Gasteiger partial charge in [0, 0.05) is 25.1 Å². The molecule has 0 fully saturated rings. The standard InChI is InChI=1S/C12H11F2NO2/c13-8-6-7-9(16)2-4-15-3-1-5-17-12(10(8)14)11(7)15/h6H,1-5H2. The van der Waals surface area contributed by atoms with Crippen LogP contribution >= 0.6 is 0 Å². The first-order valence-electron chi connectivity index (χ1n) is 5.61. The summed E-state index contributed by atoms with van der Waals surface area (Å²) in [6.45, 7) is 1.60. The highest BCUT2D eigenvalue weighted by Gasteiger charge is 2.32. The first kappa shape index (κ1) is 10.5. The second kappa shape index (κ2) is 3.68. The Morgan fingerprint density at radius 2 is 2.12 bits per heavy atom. The molecule has 0 unspecified atom stereocenters. The maximum Gasteiger partial charge on any atom is 0.202 e. The van der Waals surface area contributed by atoms with Crippen molar-refractivity contribution in [1.29, 1.82) is 0 Å². The molecule has 0 amide bonds. The van der Waals surface area contributed by atoms with Crippen LogP contribution in [0.5, 0.6) is 5.75 Å². The van der Waals surface area contributed by atoms with Crippen LogP contribution in [0.15, 0.2) is 6.07 Å². The summed E-state index contributed by atoms with van der Waals surface area (Å²) in [5.74, 6) is -2.27. The molecule has 90 valence electrons. The quantitative estimate of drug-likeness (QED) is 0.694. The number of halogens is 2. The number of carbonyl (C=O) groups excluding carboxylic acids is 1. The minimum Gasteiger partial charge on any atom is -0.488 e. The van der Waals surface area contributed by atoms with Gasteiger partial charge in [-0.1, -0.05) is 0 Å². The van der Waals surface area contributed by atoms with Gasteiger partial charge in [-0.15, -0.1) is 0 Å². The average molecular weight is 239 g/mol. The van der Waals surface area contributed by atoms with Gasteiger partial charge in [0.05, 0.1) is 12.3 Å². The van der Waals surface area contributed by atoms with Crippen molar-refractivity contribution in [3.8, 4) is 5.75 Å². The molecule has 2 heterocycles. The lowest BCUT2D eigenvalue weighted by molar-refractivity contribution is 0.0979. The lowest BCUT2D eigenvalue weighted by Gasteiger charge is -2.29. The van der Waals surface area contributed by atoms with Gasteiger partial charge in [-0.3, -0.25) is 4.79 Å². The van der Waals surface area contributed by atoms with E-state index in [9.17, 15) is 13.6 Å². The number of hydrogen-bond donors (Lipinski definition) is 0. The second-order valence-corrected chi connectivity index (χ2v) is 4.26. The summed E-state index contributed by atoms with van der Waals surface area (Å²) in [5, 5.41) is 0. The zero-order valence-corrected chi connectivity index (χ0v) is 9.13. The first-order chi connectivity index (χ1) is 8.18. The van der Waals surface area contributed by atoms with Crippen LogP contribution in [0.3, 0.4) is 0 Å². The monoisotopic (exact) mass is 239 g/mol. The summed E-state index contributed by atoms with van der Waals surface area (Å²) >= 11 is 0. The van der Waals surface area contributed by atoms with Crippen LogP contribution in [0, 0.1) is 11.6 Å². The molecule has 0 spiro atoms. The van der Waals surface area contributed by atoms with Gasteiger partial charge in [0.15, 0.2) is 17.3 Å². The smallest absolute Gasteiger partial charge is 0.202 e. The van der Waals surface area contributed by atoms with E-state index in [-0.39, 0.29) is 17.1 Å². The van der Waals surface area contributed by atoms with E-state index < -0.39 is 11.6 Å². The van der Waals surface area contributed by atoms with Crippen LogP contribution in [-0.2, 0) is 0 Å². The normalized spacial score (nSPS) is 18.5. The Labute approximate surface area is 97.0 Å². The van der Waals surface area contributed by atoms with E-state index in [4.69, 9.17) is 4.74 Å². The molecule has 1 aromatic rings. The van der Waals surface area contributed by atoms with Gasteiger partial charge in [-0.05, 0) is 12.5 Å². The zero-order chi connectivity index (χ0) is 12.0. The summed E-state index contributed by atoms with van der Waals surface area (Å²) < 4.78 is 32.3. The molecule has 1 aromatic carbocycles. The van der Waals surface area contributed by atoms with Crippen molar-refractivity contribution < 1.29 is 18.3 Å². The Kier molecular flexibility index (Phi) is 2.28. The molecule has 0 bridgehead atoms. The molecule has 2 aliphatic rings. The summed E-state index contributed by atoms with van der Waals surface area (Å²) in [7, 11) is 0. The van der Waals surface area contributed by atoms with Gasteiger partial charge in [0.25, 0.3) is 0 Å². The van der Waals surface area contributed by atoms with Crippen molar-refractivity contribution in [3.05, 3.63) is 23.3 Å². The number of ketones is 1. The predicted molar refractivity (Wildman–Crippen MR) is 57.6 cm³/mol. The summed E-state index contributed by atoms with van der Waals surface area (Å²) in [6.07, 6.45) is 1.08. The summed E-state index contributed by atoms with van der Waals surface area (Å²) in [6, 6.07) is 0.983. The predicted octanol–water partition coefficient (Wildman–Crippen LogP) is 2.14. The Hall–Kier alpha value is -1.65. The Morgan fingerprint density at radius 1 is 1.29 bits per heavy atom. The first-order valence-corrected chi connectivity index (χ1v) is 5.61. The Morgan fingerprint density at radius 3 is 2.94 bits per heavy atom. The fraction of sp³-hybridized carbons (Fsp3) is 0.417. The maximum absolute atomic E-state index is 13.7. The number of Topliss-reactive ketones (excluding diaryl/α,β-unsaturated/α-hetero) is 1. The molecule has 17 heavy (non-hydrogen) atoms.